The summed E-state index contributed by atoms with van der Waals surface area (Å²) in [6, 6.07) is 8.51. The van der Waals surface area contributed by atoms with Gasteiger partial charge in [0.25, 0.3) is 0 Å². The molecule has 1 aromatic carbocycles. The number of benzene rings is 1. The van der Waals surface area contributed by atoms with E-state index >= 15 is 0 Å². The van der Waals surface area contributed by atoms with Gasteiger partial charge >= 0.3 is 0 Å². The van der Waals surface area contributed by atoms with Crippen molar-refractivity contribution in [3.63, 3.8) is 0 Å². The third-order valence-corrected chi connectivity index (χ3v) is 9.53. The Morgan fingerprint density at radius 2 is 1.95 bits per heavy atom. The van der Waals surface area contributed by atoms with Gasteiger partial charge in [0.2, 0.25) is 0 Å². The molecule has 3 rings (SSSR count). The highest BCUT2D eigenvalue weighted by molar-refractivity contribution is 6.74. The molecule has 2 unspecified atom stereocenters. The van der Waals surface area contributed by atoms with Gasteiger partial charge in [-0.1, -0.05) is 51.1 Å². The highest BCUT2D eigenvalue weighted by Gasteiger charge is 2.48. The van der Waals surface area contributed by atoms with Gasteiger partial charge in [0.1, 0.15) is 11.7 Å². The third-order valence-electron chi connectivity index (χ3n) is 5.05. The number of ether oxygens (including phenoxy) is 1. The Balaban J connectivity index is 1.84. The summed E-state index contributed by atoms with van der Waals surface area (Å²) in [5.41, 5.74) is 2.23. The number of fused-ring (bicyclic) bond motifs is 5. The van der Waals surface area contributed by atoms with Crippen LogP contribution in [0.4, 0.5) is 0 Å². The van der Waals surface area contributed by atoms with Gasteiger partial charge in [-0.15, -0.1) is 0 Å². The molecule has 0 saturated carbocycles. The SMILES string of the molecule is CC(C)(C)[Si](C)(C)OCC12C=CC(O1)c1ccccc12. The average molecular weight is 288 g/mol. The van der Waals surface area contributed by atoms with Crippen molar-refractivity contribution in [2.75, 3.05) is 6.61 Å². The van der Waals surface area contributed by atoms with Crippen LogP contribution in [0.5, 0.6) is 0 Å². The Kier molecular flexibility index (Phi) is 3.02. The molecule has 2 bridgehead atoms. The maximum Gasteiger partial charge on any atom is 0.192 e. The van der Waals surface area contributed by atoms with Crippen LogP contribution >= 0.6 is 0 Å². The van der Waals surface area contributed by atoms with Crippen molar-refractivity contribution >= 4 is 8.32 Å². The number of hydrogen-bond acceptors (Lipinski definition) is 2. The zero-order valence-electron chi connectivity index (χ0n) is 13.1. The third kappa shape index (κ3) is 2.00. The van der Waals surface area contributed by atoms with E-state index in [4.69, 9.17) is 9.16 Å². The van der Waals surface area contributed by atoms with Crippen molar-refractivity contribution in [3.8, 4) is 0 Å². The van der Waals surface area contributed by atoms with Crippen LogP contribution in [0, 0.1) is 0 Å². The maximum absolute atomic E-state index is 6.42. The summed E-state index contributed by atoms with van der Waals surface area (Å²) in [7, 11) is -1.75. The fourth-order valence-electron chi connectivity index (χ4n) is 2.66. The summed E-state index contributed by atoms with van der Waals surface area (Å²) in [4.78, 5) is 0. The number of hydrogen-bond donors (Lipinski definition) is 0. The van der Waals surface area contributed by atoms with E-state index in [1.165, 1.54) is 11.1 Å². The molecular weight excluding hydrogens is 264 g/mol. The summed E-state index contributed by atoms with van der Waals surface area (Å²) in [5, 5.41) is 0.226. The summed E-state index contributed by atoms with van der Waals surface area (Å²) >= 11 is 0. The van der Waals surface area contributed by atoms with Crippen LogP contribution in [0.25, 0.3) is 0 Å². The first-order valence-corrected chi connectivity index (χ1v) is 10.3. The van der Waals surface area contributed by atoms with Crippen LogP contribution in [0.2, 0.25) is 18.1 Å². The van der Waals surface area contributed by atoms with Crippen molar-refractivity contribution in [1.29, 1.82) is 0 Å². The van der Waals surface area contributed by atoms with E-state index < -0.39 is 8.32 Å². The monoisotopic (exact) mass is 288 g/mol. The molecule has 20 heavy (non-hydrogen) atoms. The molecule has 0 fully saturated rings. The predicted octanol–water partition coefficient (Wildman–Crippen LogP) is 4.54. The van der Waals surface area contributed by atoms with Crippen LogP contribution in [-0.4, -0.2) is 14.9 Å². The van der Waals surface area contributed by atoms with E-state index in [0.29, 0.717) is 6.61 Å². The van der Waals surface area contributed by atoms with Crippen LogP contribution in [0.15, 0.2) is 36.4 Å². The highest BCUT2D eigenvalue weighted by Crippen LogP contribution is 2.51. The van der Waals surface area contributed by atoms with E-state index in [-0.39, 0.29) is 16.7 Å². The Hall–Kier alpha value is -0.903. The van der Waals surface area contributed by atoms with Gasteiger partial charge in [0.05, 0.1) is 6.61 Å². The minimum absolute atomic E-state index is 0.120. The normalized spacial score (nSPS) is 27.9. The second kappa shape index (κ2) is 4.29. The summed E-state index contributed by atoms with van der Waals surface area (Å²) < 4.78 is 12.6. The van der Waals surface area contributed by atoms with Crippen LogP contribution < -0.4 is 0 Å². The predicted molar refractivity (Wildman–Crippen MR) is 84.2 cm³/mol. The van der Waals surface area contributed by atoms with E-state index in [2.05, 4.69) is 70.3 Å². The van der Waals surface area contributed by atoms with Gasteiger partial charge in [-0.25, -0.2) is 0 Å². The second-order valence-electron chi connectivity index (χ2n) is 7.42. The lowest BCUT2D eigenvalue weighted by Gasteiger charge is -2.38. The first kappa shape index (κ1) is 14.1. The topological polar surface area (TPSA) is 18.5 Å². The van der Waals surface area contributed by atoms with E-state index in [9.17, 15) is 0 Å². The molecule has 0 spiro atoms. The summed E-state index contributed by atoms with van der Waals surface area (Å²) in [5.74, 6) is 0. The molecule has 2 nitrogen and oxygen atoms in total. The van der Waals surface area contributed by atoms with Gasteiger partial charge < -0.3 is 9.16 Å². The summed E-state index contributed by atoms with van der Waals surface area (Å²) in [6.45, 7) is 12.0. The molecule has 0 aromatic heterocycles. The number of rotatable bonds is 3. The zero-order valence-corrected chi connectivity index (χ0v) is 14.1. The molecule has 2 atom stereocenters. The van der Waals surface area contributed by atoms with E-state index in [0.717, 1.165) is 0 Å². The lowest BCUT2D eigenvalue weighted by Crippen LogP contribution is -2.44. The molecule has 0 amide bonds. The van der Waals surface area contributed by atoms with Gasteiger partial charge in [-0.05, 0) is 35.3 Å². The smallest absolute Gasteiger partial charge is 0.192 e. The molecule has 1 aromatic rings. The minimum atomic E-state index is -1.75. The molecule has 3 heteroatoms. The standard InChI is InChI=1S/C17H24O2Si/c1-16(2,3)20(4,5)18-12-17-11-10-15(19-17)13-8-6-7-9-14(13)17/h6-11,15H,12H2,1-5H3. The average Bonchev–Trinajstić information content (AvgIpc) is 2.93. The molecule has 2 aliphatic heterocycles. The molecule has 0 aliphatic carbocycles. The Labute approximate surface area is 122 Å². The quantitative estimate of drug-likeness (QED) is 0.600. The molecule has 108 valence electrons. The molecule has 2 aliphatic rings. The van der Waals surface area contributed by atoms with Crippen LogP contribution in [0.1, 0.15) is 38.0 Å². The van der Waals surface area contributed by atoms with Crippen molar-refractivity contribution in [3.05, 3.63) is 47.5 Å². The molecule has 0 radical (unpaired) electrons. The van der Waals surface area contributed by atoms with Gasteiger partial charge in [0, 0.05) is 0 Å². The fraction of sp³-hybridized carbons (Fsp3) is 0.529. The molecule has 0 N–H and O–H groups in total. The fourth-order valence-corrected chi connectivity index (χ4v) is 3.67. The first-order chi connectivity index (χ1) is 9.25. The van der Waals surface area contributed by atoms with Crippen LogP contribution in [0.3, 0.4) is 0 Å². The lowest BCUT2D eigenvalue weighted by molar-refractivity contribution is -0.0358. The molecular formula is C17H24O2Si. The second-order valence-corrected chi connectivity index (χ2v) is 12.2. The Morgan fingerprint density at radius 3 is 2.65 bits per heavy atom. The van der Waals surface area contributed by atoms with Gasteiger partial charge in [0.15, 0.2) is 8.32 Å². The van der Waals surface area contributed by atoms with Crippen molar-refractivity contribution in [2.45, 2.75) is 50.6 Å². The molecule has 2 heterocycles. The van der Waals surface area contributed by atoms with Crippen molar-refractivity contribution in [2.24, 2.45) is 0 Å². The minimum Gasteiger partial charge on any atom is -0.413 e. The Bertz CT molecular complexity index is 556. The first-order valence-electron chi connectivity index (χ1n) is 7.36. The zero-order chi connectivity index (χ0) is 14.6. The van der Waals surface area contributed by atoms with E-state index in [1.807, 2.05) is 0 Å². The van der Waals surface area contributed by atoms with Crippen molar-refractivity contribution < 1.29 is 9.16 Å². The Morgan fingerprint density at radius 1 is 1.25 bits per heavy atom. The largest absolute Gasteiger partial charge is 0.413 e. The molecule has 0 saturated heterocycles. The summed E-state index contributed by atoms with van der Waals surface area (Å²) in [6.07, 6.45) is 4.47. The highest BCUT2D eigenvalue weighted by atomic mass is 28.4. The van der Waals surface area contributed by atoms with E-state index in [1.54, 1.807) is 0 Å². The lowest BCUT2D eigenvalue weighted by atomic mass is 9.88. The maximum atomic E-state index is 6.42. The van der Waals surface area contributed by atoms with Gasteiger partial charge in [-0.2, -0.15) is 0 Å². The van der Waals surface area contributed by atoms with Gasteiger partial charge in [-0.3, -0.25) is 0 Å². The van der Waals surface area contributed by atoms with Crippen molar-refractivity contribution in [1.82, 2.24) is 0 Å². The van der Waals surface area contributed by atoms with Crippen LogP contribution in [-0.2, 0) is 14.8 Å².